The van der Waals surface area contributed by atoms with Gasteiger partial charge in [0.15, 0.2) is 10.2 Å². The van der Waals surface area contributed by atoms with Gasteiger partial charge in [-0.15, -0.1) is 10.2 Å². The number of ether oxygens (including phenoxy) is 1. The maximum Gasteiger partial charge on any atom is 0.236 e. The number of hydrogen-bond acceptors (Lipinski definition) is 8. The van der Waals surface area contributed by atoms with Crippen molar-refractivity contribution in [3.8, 4) is 5.75 Å². The molecular formula is C17H15Cl2N5O2S2. The maximum atomic E-state index is 12.1. The van der Waals surface area contributed by atoms with Crippen LogP contribution in [-0.2, 0) is 4.79 Å². The van der Waals surface area contributed by atoms with Crippen LogP contribution in [0.2, 0.25) is 10.0 Å². The number of anilines is 3. The third-order valence-corrected chi connectivity index (χ3v) is 5.69. The van der Waals surface area contributed by atoms with Crippen molar-refractivity contribution >= 4 is 68.8 Å². The third kappa shape index (κ3) is 5.71. The molecule has 0 radical (unpaired) electrons. The molecule has 11 heteroatoms. The number of benzene rings is 1. The highest BCUT2D eigenvalue weighted by molar-refractivity contribution is 8.01. The molecule has 0 aliphatic carbocycles. The summed E-state index contributed by atoms with van der Waals surface area (Å²) in [6, 6.07) is 9.10. The molecule has 0 saturated carbocycles. The molecule has 2 heterocycles. The molecular weight excluding hydrogens is 441 g/mol. The topological polar surface area (TPSA) is 89.0 Å². The largest absolute Gasteiger partial charge is 0.492 e. The number of para-hydroxylation sites is 2. The lowest BCUT2D eigenvalue weighted by atomic mass is 10.3. The van der Waals surface area contributed by atoms with E-state index < -0.39 is 0 Å². The standard InChI is InChI=1S/C17H15Cl2N5O2S2/c1-2-26-13-6-4-3-5-12(13)21-16-23-24-17(28-16)27-9-14(25)22-15-11(19)7-10(18)8-20-15/h3-8H,2,9H2,1H3,(H,21,23)(H,20,22,25). The summed E-state index contributed by atoms with van der Waals surface area (Å²) in [7, 11) is 0. The fraction of sp³-hybridized carbons (Fsp3) is 0.176. The minimum absolute atomic E-state index is 0.144. The first-order valence-electron chi connectivity index (χ1n) is 8.11. The van der Waals surface area contributed by atoms with Crippen LogP contribution in [0.5, 0.6) is 5.75 Å². The third-order valence-electron chi connectivity index (χ3n) is 3.23. The zero-order valence-electron chi connectivity index (χ0n) is 14.6. The van der Waals surface area contributed by atoms with E-state index in [1.165, 1.54) is 35.4 Å². The van der Waals surface area contributed by atoms with Gasteiger partial charge in [-0.1, -0.05) is 58.4 Å². The minimum atomic E-state index is -0.256. The number of amides is 1. The Kier molecular flexibility index (Phi) is 7.32. The van der Waals surface area contributed by atoms with Crippen LogP contribution in [0.15, 0.2) is 40.9 Å². The van der Waals surface area contributed by atoms with Gasteiger partial charge in [0.1, 0.15) is 5.75 Å². The average Bonchev–Trinajstić information content (AvgIpc) is 3.12. The van der Waals surface area contributed by atoms with Crippen molar-refractivity contribution in [3.63, 3.8) is 0 Å². The van der Waals surface area contributed by atoms with Crippen LogP contribution in [-0.4, -0.2) is 33.4 Å². The number of thioether (sulfide) groups is 1. The van der Waals surface area contributed by atoms with Gasteiger partial charge < -0.3 is 15.4 Å². The van der Waals surface area contributed by atoms with Gasteiger partial charge in [0.2, 0.25) is 11.0 Å². The fourth-order valence-electron chi connectivity index (χ4n) is 2.09. The lowest BCUT2D eigenvalue weighted by Crippen LogP contribution is -2.15. The summed E-state index contributed by atoms with van der Waals surface area (Å²) in [6.07, 6.45) is 1.42. The Balaban J connectivity index is 1.55. The highest BCUT2D eigenvalue weighted by Gasteiger charge is 2.12. The first-order chi connectivity index (χ1) is 13.5. The summed E-state index contributed by atoms with van der Waals surface area (Å²) >= 11 is 14.4. The zero-order chi connectivity index (χ0) is 19.9. The van der Waals surface area contributed by atoms with Crippen LogP contribution >= 0.6 is 46.3 Å². The maximum absolute atomic E-state index is 12.1. The lowest BCUT2D eigenvalue weighted by Gasteiger charge is -2.09. The van der Waals surface area contributed by atoms with Crippen molar-refractivity contribution in [2.24, 2.45) is 0 Å². The molecule has 146 valence electrons. The minimum Gasteiger partial charge on any atom is -0.492 e. The summed E-state index contributed by atoms with van der Waals surface area (Å²) in [4.78, 5) is 16.1. The van der Waals surface area contributed by atoms with Gasteiger partial charge in [-0.05, 0) is 25.1 Å². The molecule has 0 aliphatic rings. The highest BCUT2D eigenvalue weighted by atomic mass is 35.5. The number of carbonyl (C=O) groups excluding carboxylic acids is 1. The molecule has 0 spiro atoms. The summed E-state index contributed by atoms with van der Waals surface area (Å²) in [5, 5.41) is 15.3. The molecule has 3 rings (SSSR count). The summed E-state index contributed by atoms with van der Waals surface area (Å²) in [5.74, 6) is 0.892. The number of carbonyl (C=O) groups is 1. The Hall–Kier alpha value is -2.07. The fourth-order valence-corrected chi connectivity index (χ4v) is 4.08. The Labute approximate surface area is 179 Å². The summed E-state index contributed by atoms with van der Waals surface area (Å²) in [6.45, 7) is 2.49. The summed E-state index contributed by atoms with van der Waals surface area (Å²) < 4.78 is 6.23. The monoisotopic (exact) mass is 455 g/mol. The van der Waals surface area contributed by atoms with Gasteiger partial charge in [0.05, 0.1) is 28.1 Å². The number of hydrogen-bond donors (Lipinski definition) is 2. The number of rotatable bonds is 8. The van der Waals surface area contributed by atoms with Gasteiger partial charge >= 0.3 is 0 Å². The molecule has 0 bridgehead atoms. The summed E-state index contributed by atoms with van der Waals surface area (Å²) in [5.41, 5.74) is 0.804. The first kappa shape index (κ1) is 20.7. The van der Waals surface area contributed by atoms with Crippen molar-refractivity contribution < 1.29 is 9.53 Å². The molecule has 28 heavy (non-hydrogen) atoms. The molecule has 0 saturated heterocycles. The molecule has 1 amide bonds. The van der Waals surface area contributed by atoms with Crippen LogP contribution in [0.25, 0.3) is 0 Å². The van der Waals surface area contributed by atoms with E-state index in [1.54, 1.807) is 0 Å². The number of halogens is 2. The van der Waals surface area contributed by atoms with Crippen LogP contribution in [0.3, 0.4) is 0 Å². The second kappa shape index (κ2) is 9.92. The molecule has 0 unspecified atom stereocenters. The number of nitrogens with one attached hydrogen (secondary N) is 2. The molecule has 1 aromatic carbocycles. The van der Waals surface area contributed by atoms with Gasteiger partial charge in [0, 0.05) is 6.20 Å². The van der Waals surface area contributed by atoms with Crippen molar-refractivity contribution in [1.29, 1.82) is 0 Å². The van der Waals surface area contributed by atoms with Gasteiger partial charge in [-0.2, -0.15) is 0 Å². The molecule has 2 N–H and O–H groups in total. The van der Waals surface area contributed by atoms with Gasteiger partial charge in [-0.3, -0.25) is 4.79 Å². The molecule has 2 aromatic heterocycles. The Morgan fingerprint density at radius 2 is 2.11 bits per heavy atom. The van der Waals surface area contributed by atoms with Crippen LogP contribution in [0.1, 0.15) is 6.92 Å². The zero-order valence-corrected chi connectivity index (χ0v) is 17.8. The Morgan fingerprint density at radius 3 is 2.89 bits per heavy atom. The van der Waals surface area contributed by atoms with Gasteiger partial charge in [0.25, 0.3) is 0 Å². The number of nitrogens with zero attached hydrogens (tertiary/aromatic N) is 3. The van der Waals surface area contributed by atoms with E-state index in [4.69, 9.17) is 27.9 Å². The molecule has 7 nitrogen and oxygen atoms in total. The van der Waals surface area contributed by atoms with Gasteiger partial charge in [-0.25, -0.2) is 4.98 Å². The SMILES string of the molecule is CCOc1ccccc1Nc1nnc(SCC(=O)Nc2ncc(Cl)cc2Cl)s1. The normalized spacial score (nSPS) is 10.5. The van der Waals surface area contributed by atoms with Crippen molar-refractivity contribution in [2.75, 3.05) is 23.0 Å². The van der Waals surface area contributed by atoms with E-state index in [1.807, 2.05) is 31.2 Å². The van der Waals surface area contributed by atoms with Crippen molar-refractivity contribution in [3.05, 3.63) is 46.6 Å². The van der Waals surface area contributed by atoms with E-state index in [0.29, 0.717) is 21.1 Å². The Bertz CT molecular complexity index is 970. The quantitative estimate of drug-likeness (QED) is 0.455. The van der Waals surface area contributed by atoms with E-state index in [-0.39, 0.29) is 22.5 Å². The van der Waals surface area contributed by atoms with E-state index in [9.17, 15) is 4.79 Å². The van der Waals surface area contributed by atoms with E-state index in [0.717, 1.165) is 11.4 Å². The van der Waals surface area contributed by atoms with Crippen molar-refractivity contribution in [1.82, 2.24) is 15.2 Å². The van der Waals surface area contributed by atoms with Crippen LogP contribution in [0, 0.1) is 0 Å². The number of pyridine rings is 1. The van der Waals surface area contributed by atoms with Crippen LogP contribution < -0.4 is 15.4 Å². The second-order valence-corrected chi connectivity index (χ2v) is 8.29. The Morgan fingerprint density at radius 1 is 1.29 bits per heavy atom. The van der Waals surface area contributed by atoms with Crippen molar-refractivity contribution in [2.45, 2.75) is 11.3 Å². The smallest absolute Gasteiger partial charge is 0.236 e. The lowest BCUT2D eigenvalue weighted by molar-refractivity contribution is -0.113. The average molecular weight is 456 g/mol. The second-order valence-electron chi connectivity index (χ2n) is 5.25. The predicted molar refractivity (Wildman–Crippen MR) is 114 cm³/mol. The molecule has 0 fully saturated rings. The highest BCUT2D eigenvalue weighted by Crippen LogP contribution is 2.31. The molecule has 0 aliphatic heterocycles. The molecule has 3 aromatic rings. The predicted octanol–water partition coefficient (Wildman–Crippen LogP) is 5.11. The van der Waals surface area contributed by atoms with E-state index >= 15 is 0 Å². The number of aromatic nitrogens is 3. The van der Waals surface area contributed by atoms with Crippen LogP contribution in [0.4, 0.5) is 16.6 Å². The first-order valence-corrected chi connectivity index (χ1v) is 10.7. The molecule has 0 atom stereocenters. The van der Waals surface area contributed by atoms with E-state index in [2.05, 4.69) is 25.8 Å².